The fraction of sp³-hybridized carbons (Fsp3) is 0.286. The topological polar surface area (TPSA) is 103 Å². The smallest absolute Gasteiger partial charge is 0.321 e. The number of aliphatic carboxylic acids is 1. The number of rotatable bonds is 4. The lowest BCUT2D eigenvalue weighted by Crippen LogP contribution is -2.47. The molecule has 144 valence electrons. The molecule has 0 spiro atoms. The van der Waals surface area contributed by atoms with Crippen LogP contribution in [0, 0.1) is 23.2 Å². The molecular formula is C21H21N3O4. The lowest BCUT2D eigenvalue weighted by atomic mass is 9.91. The van der Waals surface area contributed by atoms with Crippen molar-refractivity contribution in [2.75, 3.05) is 18.4 Å². The number of anilines is 1. The van der Waals surface area contributed by atoms with Crippen molar-refractivity contribution in [1.29, 1.82) is 5.26 Å². The van der Waals surface area contributed by atoms with Crippen molar-refractivity contribution in [3.63, 3.8) is 0 Å². The zero-order chi connectivity index (χ0) is 20.1. The zero-order valence-electron chi connectivity index (χ0n) is 15.5. The largest absolute Gasteiger partial charge is 0.481 e. The van der Waals surface area contributed by atoms with Crippen LogP contribution in [0.4, 0.5) is 10.5 Å². The molecule has 2 atom stereocenters. The molecule has 0 aliphatic carbocycles. The van der Waals surface area contributed by atoms with Crippen LogP contribution in [0.1, 0.15) is 18.9 Å². The minimum atomic E-state index is -0.867. The molecule has 1 aliphatic rings. The second-order valence-corrected chi connectivity index (χ2v) is 6.97. The van der Waals surface area contributed by atoms with Gasteiger partial charge in [0.15, 0.2) is 0 Å². The average Bonchev–Trinajstić information content (AvgIpc) is 2.69. The maximum absolute atomic E-state index is 12.5. The van der Waals surface area contributed by atoms with Gasteiger partial charge in [-0.1, -0.05) is 6.92 Å². The number of nitrogens with one attached hydrogen (secondary N) is 1. The summed E-state index contributed by atoms with van der Waals surface area (Å²) in [7, 11) is 0. The van der Waals surface area contributed by atoms with Crippen LogP contribution in [0.25, 0.3) is 0 Å². The molecule has 1 aliphatic heterocycles. The Morgan fingerprint density at radius 2 is 1.71 bits per heavy atom. The molecule has 1 fully saturated rings. The molecule has 1 saturated heterocycles. The number of benzene rings is 2. The molecule has 0 aromatic heterocycles. The van der Waals surface area contributed by atoms with E-state index in [1.165, 1.54) is 0 Å². The number of carbonyl (C=O) groups excluding carboxylic acids is 1. The number of nitriles is 1. The summed E-state index contributed by atoms with van der Waals surface area (Å²) in [5, 5.41) is 20.9. The van der Waals surface area contributed by atoms with E-state index in [-0.39, 0.29) is 18.5 Å². The highest BCUT2D eigenvalue weighted by atomic mass is 16.5. The summed E-state index contributed by atoms with van der Waals surface area (Å²) in [6, 6.07) is 15.4. The van der Waals surface area contributed by atoms with Gasteiger partial charge in [0.2, 0.25) is 0 Å². The predicted molar refractivity (Wildman–Crippen MR) is 103 cm³/mol. The van der Waals surface area contributed by atoms with E-state index in [4.69, 9.17) is 10.00 Å². The number of amides is 2. The molecule has 1 heterocycles. The summed E-state index contributed by atoms with van der Waals surface area (Å²) in [6.45, 7) is 2.70. The monoisotopic (exact) mass is 379 g/mol. The highest BCUT2D eigenvalue weighted by Gasteiger charge is 2.31. The molecule has 3 rings (SSSR count). The van der Waals surface area contributed by atoms with E-state index >= 15 is 0 Å². The molecule has 2 amide bonds. The molecule has 7 nitrogen and oxygen atoms in total. The molecule has 7 heteroatoms. The SMILES string of the molecule is CC1CC(C(=O)O)CN(C(=O)Nc2ccc(Oc3ccc(C#N)cc3)cc2)C1. The fourth-order valence-electron chi connectivity index (χ4n) is 3.24. The van der Waals surface area contributed by atoms with Crippen molar-refractivity contribution in [1.82, 2.24) is 4.90 Å². The molecule has 2 aromatic carbocycles. The Kier molecular flexibility index (Phi) is 5.80. The first kappa shape index (κ1) is 19.2. The highest BCUT2D eigenvalue weighted by molar-refractivity contribution is 5.89. The van der Waals surface area contributed by atoms with Gasteiger partial charge >= 0.3 is 12.0 Å². The second-order valence-electron chi connectivity index (χ2n) is 6.97. The number of carboxylic acid groups (broad SMARTS) is 1. The van der Waals surface area contributed by atoms with Crippen molar-refractivity contribution in [3.05, 3.63) is 54.1 Å². The van der Waals surface area contributed by atoms with Crippen LogP contribution in [0.3, 0.4) is 0 Å². The van der Waals surface area contributed by atoms with Gasteiger partial charge in [0.1, 0.15) is 11.5 Å². The van der Waals surface area contributed by atoms with Gasteiger partial charge in [-0.3, -0.25) is 4.79 Å². The molecule has 0 radical (unpaired) electrons. The number of carboxylic acids is 1. The Morgan fingerprint density at radius 3 is 2.29 bits per heavy atom. The number of hydrogen-bond donors (Lipinski definition) is 2. The quantitative estimate of drug-likeness (QED) is 0.838. The van der Waals surface area contributed by atoms with Crippen molar-refractivity contribution in [2.24, 2.45) is 11.8 Å². The van der Waals surface area contributed by atoms with Gasteiger partial charge in [-0.25, -0.2) is 4.79 Å². The molecule has 2 N–H and O–H groups in total. The predicted octanol–water partition coefficient (Wildman–Crippen LogP) is 3.93. The van der Waals surface area contributed by atoms with Gasteiger partial charge in [-0.15, -0.1) is 0 Å². The number of nitrogens with zero attached hydrogens (tertiary/aromatic N) is 2. The van der Waals surface area contributed by atoms with Crippen LogP contribution < -0.4 is 10.1 Å². The van der Waals surface area contributed by atoms with Gasteiger partial charge in [-0.2, -0.15) is 5.26 Å². The number of carbonyl (C=O) groups is 2. The van der Waals surface area contributed by atoms with Crippen LogP contribution in [-0.2, 0) is 4.79 Å². The van der Waals surface area contributed by atoms with Crippen molar-refractivity contribution < 1.29 is 19.4 Å². The van der Waals surface area contributed by atoms with Gasteiger partial charge in [0.25, 0.3) is 0 Å². The number of hydrogen-bond acceptors (Lipinski definition) is 4. The molecule has 0 saturated carbocycles. The summed E-state index contributed by atoms with van der Waals surface area (Å²) < 4.78 is 5.71. The first-order valence-corrected chi connectivity index (χ1v) is 9.01. The van der Waals surface area contributed by atoms with Crippen LogP contribution in [-0.4, -0.2) is 35.1 Å². The molecule has 2 unspecified atom stereocenters. The number of urea groups is 1. The van der Waals surface area contributed by atoms with Gasteiger partial charge in [-0.05, 0) is 60.9 Å². The summed E-state index contributed by atoms with van der Waals surface area (Å²) in [4.78, 5) is 25.3. The minimum absolute atomic E-state index is 0.142. The lowest BCUT2D eigenvalue weighted by Gasteiger charge is -2.34. The van der Waals surface area contributed by atoms with E-state index in [9.17, 15) is 14.7 Å². The summed E-state index contributed by atoms with van der Waals surface area (Å²) >= 11 is 0. The maximum atomic E-state index is 12.5. The molecule has 2 aromatic rings. The summed E-state index contributed by atoms with van der Waals surface area (Å²) in [5.41, 5.74) is 1.16. The number of likely N-dealkylation sites (tertiary alicyclic amines) is 1. The van der Waals surface area contributed by atoms with E-state index in [1.807, 2.05) is 13.0 Å². The Morgan fingerprint density at radius 1 is 1.11 bits per heavy atom. The highest BCUT2D eigenvalue weighted by Crippen LogP contribution is 2.25. The van der Waals surface area contributed by atoms with Crippen LogP contribution in [0.5, 0.6) is 11.5 Å². The molecule has 28 heavy (non-hydrogen) atoms. The third-order valence-corrected chi connectivity index (χ3v) is 4.62. The van der Waals surface area contributed by atoms with E-state index < -0.39 is 11.9 Å². The second kappa shape index (κ2) is 8.44. The Hall–Kier alpha value is -3.53. The number of piperidine rings is 1. The van der Waals surface area contributed by atoms with Crippen molar-refractivity contribution in [3.8, 4) is 17.6 Å². The lowest BCUT2D eigenvalue weighted by molar-refractivity contribution is -0.143. The van der Waals surface area contributed by atoms with Crippen molar-refractivity contribution >= 4 is 17.7 Å². The Bertz CT molecular complexity index is 887. The van der Waals surface area contributed by atoms with Crippen molar-refractivity contribution in [2.45, 2.75) is 13.3 Å². The molecule has 0 bridgehead atoms. The average molecular weight is 379 g/mol. The van der Waals surface area contributed by atoms with Crippen LogP contribution in [0.15, 0.2) is 48.5 Å². The summed E-state index contributed by atoms with van der Waals surface area (Å²) in [5.74, 6) is -0.0480. The first-order chi connectivity index (χ1) is 13.4. The Labute approximate surface area is 163 Å². The maximum Gasteiger partial charge on any atom is 0.321 e. The van der Waals surface area contributed by atoms with E-state index in [0.29, 0.717) is 35.7 Å². The number of ether oxygens (including phenoxy) is 1. The zero-order valence-corrected chi connectivity index (χ0v) is 15.5. The standard InChI is InChI=1S/C21H21N3O4/c1-14-10-16(20(25)26)13-24(12-14)21(27)23-17-4-8-19(9-5-17)28-18-6-2-15(11-22)3-7-18/h2-9,14,16H,10,12-13H2,1H3,(H,23,27)(H,25,26). The normalized spacial score (nSPS) is 18.8. The van der Waals surface area contributed by atoms with E-state index in [0.717, 1.165) is 0 Å². The first-order valence-electron chi connectivity index (χ1n) is 9.01. The van der Waals surface area contributed by atoms with Gasteiger partial charge < -0.3 is 20.1 Å². The van der Waals surface area contributed by atoms with Crippen LogP contribution >= 0.6 is 0 Å². The third-order valence-electron chi connectivity index (χ3n) is 4.62. The van der Waals surface area contributed by atoms with Gasteiger partial charge in [0.05, 0.1) is 17.6 Å². The molecular weight excluding hydrogens is 358 g/mol. The van der Waals surface area contributed by atoms with E-state index in [1.54, 1.807) is 53.4 Å². The fourth-order valence-corrected chi connectivity index (χ4v) is 3.24. The van der Waals surface area contributed by atoms with Gasteiger partial charge in [0, 0.05) is 18.8 Å². The van der Waals surface area contributed by atoms with Crippen LogP contribution in [0.2, 0.25) is 0 Å². The minimum Gasteiger partial charge on any atom is -0.481 e. The Balaban J connectivity index is 1.59. The summed E-state index contributed by atoms with van der Waals surface area (Å²) in [6.07, 6.45) is 0.584. The third kappa shape index (κ3) is 4.80. The van der Waals surface area contributed by atoms with E-state index in [2.05, 4.69) is 5.32 Å².